The molecule has 3 aromatic carbocycles. The van der Waals surface area contributed by atoms with Crippen LogP contribution in [0.5, 0.6) is 0 Å². The van der Waals surface area contributed by atoms with Crippen LogP contribution in [0.4, 0.5) is 0 Å². The number of hydrogen-bond acceptors (Lipinski definition) is 3. The minimum absolute atomic E-state index is 0.739. The summed E-state index contributed by atoms with van der Waals surface area (Å²) in [7, 11) is 0. The number of hydrogen-bond donors (Lipinski definition) is 0. The molecule has 0 unspecified atom stereocenters. The molecule has 0 bridgehead atoms. The number of nitrogens with zero attached hydrogens (tertiary/aromatic N) is 3. The van der Waals surface area contributed by atoms with Crippen LogP contribution >= 0.6 is 23.4 Å². The molecule has 0 aliphatic rings. The summed E-state index contributed by atoms with van der Waals surface area (Å²) in [5.41, 5.74) is 4.74. The summed E-state index contributed by atoms with van der Waals surface area (Å²) in [6, 6.07) is 26.8. The molecule has 0 saturated heterocycles. The molecule has 4 rings (SSSR count). The van der Waals surface area contributed by atoms with Crippen LogP contribution in [-0.2, 0) is 12.2 Å². The molecule has 4 aromatic rings. The monoisotopic (exact) mass is 405 g/mol. The third kappa shape index (κ3) is 4.46. The van der Waals surface area contributed by atoms with Crippen molar-refractivity contribution in [2.24, 2.45) is 0 Å². The molecule has 0 aliphatic carbocycles. The third-order valence-corrected chi connectivity index (χ3v) is 5.73. The van der Waals surface area contributed by atoms with Crippen LogP contribution in [-0.4, -0.2) is 14.8 Å². The van der Waals surface area contributed by atoms with E-state index in [0.717, 1.165) is 33.9 Å². The second-order valence-corrected chi connectivity index (χ2v) is 8.03. The number of benzene rings is 3. The molecular formula is C23H20ClN3S. The summed E-state index contributed by atoms with van der Waals surface area (Å²) >= 11 is 7.68. The molecule has 1 aromatic heterocycles. The molecule has 0 saturated carbocycles. The second-order valence-electron chi connectivity index (χ2n) is 6.65. The molecular weight excluding hydrogens is 386 g/mol. The quantitative estimate of drug-likeness (QED) is 0.362. The van der Waals surface area contributed by atoms with Crippen molar-refractivity contribution in [1.29, 1.82) is 0 Å². The minimum atomic E-state index is 0.739. The number of aryl methyl sites for hydroxylation is 1. The Morgan fingerprint density at radius 1 is 0.821 bits per heavy atom. The van der Waals surface area contributed by atoms with E-state index in [9.17, 15) is 0 Å². The molecule has 0 amide bonds. The lowest BCUT2D eigenvalue weighted by Crippen LogP contribution is -2.04. The van der Waals surface area contributed by atoms with Gasteiger partial charge in [0.15, 0.2) is 5.16 Å². The Bertz CT molecular complexity index is 1040. The Balaban J connectivity index is 1.65. The van der Waals surface area contributed by atoms with Gasteiger partial charge in [0.25, 0.3) is 0 Å². The molecule has 0 N–H and O–H groups in total. The summed E-state index contributed by atoms with van der Waals surface area (Å²) in [6.07, 6.45) is 0.739. The van der Waals surface area contributed by atoms with Crippen LogP contribution in [0.25, 0.3) is 5.69 Å². The van der Waals surface area contributed by atoms with E-state index >= 15 is 0 Å². The normalized spacial score (nSPS) is 10.9. The zero-order valence-corrected chi connectivity index (χ0v) is 17.1. The van der Waals surface area contributed by atoms with Gasteiger partial charge < -0.3 is 0 Å². The van der Waals surface area contributed by atoms with Crippen molar-refractivity contribution < 1.29 is 0 Å². The van der Waals surface area contributed by atoms with Crippen molar-refractivity contribution in [2.75, 3.05) is 0 Å². The Labute approximate surface area is 174 Å². The van der Waals surface area contributed by atoms with E-state index in [0.29, 0.717) is 0 Å². The fourth-order valence-corrected chi connectivity index (χ4v) is 4.02. The molecule has 0 spiro atoms. The fraction of sp³-hybridized carbons (Fsp3) is 0.130. The summed E-state index contributed by atoms with van der Waals surface area (Å²) in [4.78, 5) is 0. The van der Waals surface area contributed by atoms with Gasteiger partial charge in [0.2, 0.25) is 0 Å². The Kier molecular flexibility index (Phi) is 5.79. The second kappa shape index (κ2) is 8.63. The molecule has 1 heterocycles. The highest BCUT2D eigenvalue weighted by atomic mass is 35.5. The largest absolute Gasteiger partial charge is 0.274 e. The molecule has 5 heteroatoms. The van der Waals surface area contributed by atoms with E-state index in [2.05, 4.69) is 70.2 Å². The molecule has 0 atom stereocenters. The predicted octanol–water partition coefficient (Wildman–Crippen LogP) is 6.11. The van der Waals surface area contributed by atoms with E-state index in [-0.39, 0.29) is 0 Å². The number of halogens is 1. The van der Waals surface area contributed by atoms with E-state index in [4.69, 9.17) is 11.6 Å². The van der Waals surface area contributed by atoms with Gasteiger partial charge in [-0.15, -0.1) is 10.2 Å². The highest BCUT2D eigenvalue weighted by Crippen LogP contribution is 2.27. The first-order chi connectivity index (χ1) is 13.7. The van der Waals surface area contributed by atoms with Crippen molar-refractivity contribution in [3.05, 3.63) is 106 Å². The van der Waals surface area contributed by atoms with Crippen molar-refractivity contribution in [3.63, 3.8) is 0 Å². The first-order valence-electron chi connectivity index (χ1n) is 9.11. The van der Waals surface area contributed by atoms with Crippen LogP contribution in [0.2, 0.25) is 5.02 Å². The maximum atomic E-state index is 5.99. The summed E-state index contributed by atoms with van der Waals surface area (Å²) < 4.78 is 2.16. The number of aromatic nitrogens is 3. The van der Waals surface area contributed by atoms with Gasteiger partial charge in [0.1, 0.15) is 5.82 Å². The van der Waals surface area contributed by atoms with Crippen LogP contribution in [0.1, 0.15) is 22.5 Å². The van der Waals surface area contributed by atoms with Gasteiger partial charge >= 0.3 is 0 Å². The molecule has 28 heavy (non-hydrogen) atoms. The summed E-state index contributed by atoms with van der Waals surface area (Å²) in [6.45, 7) is 2.09. The van der Waals surface area contributed by atoms with E-state index in [1.54, 1.807) is 11.8 Å². The van der Waals surface area contributed by atoms with Gasteiger partial charge in [0, 0.05) is 22.9 Å². The van der Waals surface area contributed by atoms with Gasteiger partial charge in [-0.1, -0.05) is 83.5 Å². The standard InChI is InChI=1S/C23H20ClN3S/c1-17-7-13-21(14-8-17)27-22(15-18-5-3-2-4-6-18)25-26-23(27)28-16-19-9-11-20(24)12-10-19/h2-14H,15-16H2,1H3. The Morgan fingerprint density at radius 2 is 1.54 bits per heavy atom. The molecule has 0 fully saturated rings. The first-order valence-corrected chi connectivity index (χ1v) is 10.5. The van der Waals surface area contributed by atoms with Crippen LogP contribution in [0.15, 0.2) is 84.0 Å². The number of rotatable bonds is 6. The van der Waals surface area contributed by atoms with Crippen molar-refractivity contribution in [1.82, 2.24) is 14.8 Å². The van der Waals surface area contributed by atoms with Gasteiger partial charge in [-0.2, -0.15) is 0 Å². The molecule has 0 radical (unpaired) electrons. The highest BCUT2D eigenvalue weighted by molar-refractivity contribution is 7.98. The average molecular weight is 406 g/mol. The molecule has 3 nitrogen and oxygen atoms in total. The van der Waals surface area contributed by atoms with E-state index in [1.165, 1.54) is 16.7 Å². The smallest absolute Gasteiger partial charge is 0.196 e. The summed E-state index contributed by atoms with van der Waals surface area (Å²) in [5, 5.41) is 10.6. The highest BCUT2D eigenvalue weighted by Gasteiger charge is 2.15. The zero-order valence-electron chi connectivity index (χ0n) is 15.5. The van der Waals surface area contributed by atoms with Gasteiger partial charge in [-0.3, -0.25) is 4.57 Å². The maximum Gasteiger partial charge on any atom is 0.196 e. The first kappa shape index (κ1) is 18.8. The van der Waals surface area contributed by atoms with Crippen LogP contribution in [0.3, 0.4) is 0 Å². The SMILES string of the molecule is Cc1ccc(-n2c(Cc3ccccc3)nnc2SCc2ccc(Cl)cc2)cc1. The lowest BCUT2D eigenvalue weighted by atomic mass is 10.1. The minimum Gasteiger partial charge on any atom is -0.274 e. The summed E-state index contributed by atoms with van der Waals surface area (Å²) in [5.74, 6) is 1.75. The third-order valence-electron chi connectivity index (χ3n) is 4.48. The Morgan fingerprint density at radius 3 is 2.25 bits per heavy atom. The van der Waals surface area contributed by atoms with E-state index < -0.39 is 0 Å². The Hall–Kier alpha value is -2.56. The van der Waals surface area contributed by atoms with E-state index in [1.807, 2.05) is 30.3 Å². The predicted molar refractivity (Wildman–Crippen MR) is 116 cm³/mol. The van der Waals surface area contributed by atoms with Gasteiger partial charge in [0.05, 0.1) is 0 Å². The lowest BCUT2D eigenvalue weighted by molar-refractivity contribution is 0.847. The van der Waals surface area contributed by atoms with Gasteiger partial charge in [-0.05, 0) is 42.3 Å². The van der Waals surface area contributed by atoms with Gasteiger partial charge in [-0.25, -0.2) is 0 Å². The van der Waals surface area contributed by atoms with Crippen molar-refractivity contribution >= 4 is 23.4 Å². The van der Waals surface area contributed by atoms with Crippen LogP contribution in [0, 0.1) is 6.92 Å². The van der Waals surface area contributed by atoms with Crippen molar-refractivity contribution in [2.45, 2.75) is 24.3 Å². The molecule has 0 aliphatic heterocycles. The van der Waals surface area contributed by atoms with Crippen LogP contribution < -0.4 is 0 Å². The molecule has 140 valence electrons. The van der Waals surface area contributed by atoms with Crippen molar-refractivity contribution in [3.8, 4) is 5.69 Å². The maximum absolute atomic E-state index is 5.99. The fourth-order valence-electron chi connectivity index (χ4n) is 2.97. The average Bonchev–Trinajstić information content (AvgIpc) is 3.11. The zero-order chi connectivity index (χ0) is 19.3. The topological polar surface area (TPSA) is 30.7 Å². The lowest BCUT2D eigenvalue weighted by Gasteiger charge is -2.11. The number of thioether (sulfide) groups is 1.